The molecule has 0 unspecified atom stereocenters. The molecule has 0 aliphatic heterocycles. The van der Waals surface area contributed by atoms with E-state index in [1.807, 2.05) is 37.7 Å². The number of nitrogens with zero attached hydrogens (tertiary/aromatic N) is 5. The lowest BCUT2D eigenvalue weighted by Crippen LogP contribution is -2.04. The fourth-order valence-electron chi connectivity index (χ4n) is 2.10. The van der Waals surface area contributed by atoms with Gasteiger partial charge in [-0.15, -0.1) is 0 Å². The van der Waals surface area contributed by atoms with Crippen molar-refractivity contribution in [3.63, 3.8) is 0 Å². The maximum atomic E-state index is 4.48. The molecule has 0 aromatic carbocycles. The number of hydrogen-bond acceptors (Lipinski definition) is 5. The van der Waals surface area contributed by atoms with Crippen LogP contribution in [0.1, 0.15) is 17.1 Å². The summed E-state index contributed by atoms with van der Waals surface area (Å²) in [6.45, 7) is 4.58. The molecule has 0 radical (unpaired) electrons. The average Bonchev–Trinajstić information content (AvgIpc) is 2.74. The third-order valence-corrected chi connectivity index (χ3v) is 3.28. The molecule has 0 spiro atoms. The molecular weight excluding hydrogens is 252 g/mol. The quantitative estimate of drug-likeness (QED) is 0.786. The summed E-state index contributed by atoms with van der Waals surface area (Å²) in [5.74, 6) is 1.51. The Morgan fingerprint density at radius 1 is 1.10 bits per heavy atom. The summed E-state index contributed by atoms with van der Waals surface area (Å²) in [4.78, 5) is 12.9. The van der Waals surface area contributed by atoms with Gasteiger partial charge in [0, 0.05) is 26.0 Å². The summed E-state index contributed by atoms with van der Waals surface area (Å²) in [6.07, 6.45) is 3.56. The van der Waals surface area contributed by atoms with Gasteiger partial charge in [0.05, 0.1) is 5.69 Å². The molecule has 0 aliphatic carbocycles. The highest BCUT2D eigenvalue weighted by molar-refractivity contribution is 5.87. The topological polar surface area (TPSA) is 68.5 Å². The van der Waals surface area contributed by atoms with Gasteiger partial charge in [0.2, 0.25) is 0 Å². The molecule has 102 valence electrons. The van der Waals surface area contributed by atoms with E-state index in [1.54, 1.807) is 12.4 Å². The molecule has 6 heteroatoms. The van der Waals surface area contributed by atoms with E-state index in [2.05, 4.69) is 25.4 Å². The van der Waals surface area contributed by atoms with E-state index < -0.39 is 0 Å². The van der Waals surface area contributed by atoms with Crippen LogP contribution in [0.15, 0.2) is 24.5 Å². The Hall–Kier alpha value is -2.50. The molecule has 0 fully saturated rings. The van der Waals surface area contributed by atoms with Crippen LogP contribution in [0.4, 0.5) is 5.82 Å². The lowest BCUT2D eigenvalue weighted by atomic mass is 10.2. The van der Waals surface area contributed by atoms with Crippen LogP contribution in [0.5, 0.6) is 0 Å². The summed E-state index contributed by atoms with van der Waals surface area (Å²) in [5, 5.41) is 7.81. The first-order valence-corrected chi connectivity index (χ1v) is 6.46. The fraction of sp³-hybridized carbons (Fsp3) is 0.286. The van der Waals surface area contributed by atoms with Gasteiger partial charge in [-0.25, -0.2) is 9.97 Å². The summed E-state index contributed by atoms with van der Waals surface area (Å²) < 4.78 is 1.83. The van der Waals surface area contributed by atoms with Crippen LogP contribution in [-0.4, -0.2) is 24.7 Å². The highest BCUT2D eigenvalue weighted by Crippen LogP contribution is 2.21. The largest absolute Gasteiger partial charge is 0.364 e. The molecule has 0 atom stereocenters. The number of hydrogen-bond donors (Lipinski definition) is 1. The summed E-state index contributed by atoms with van der Waals surface area (Å²) >= 11 is 0. The zero-order chi connectivity index (χ0) is 14.1. The van der Waals surface area contributed by atoms with Gasteiger partial charge in [-0.2, -0.15) is 5.10 Å². The van der Waals surface area contributed by atoms with Crippen molar-refractivity contribution in [2.45, 2.75) is 20.4 Å². The van der Waals surface area contributed by atoms with E-state index in [1.165, 1.54) is 0 Å². The van der Waals surface area contributed by atoms with E-state index in [-0.39, 0.29) is 0 Å². The molecule has 0 saturated carbocycles. The first-order chi connectivity index (χ1) is 9.65. The maximum absolute atomic E-state index is 4.48. The third-order valence-electron chi connectivity index (χ3n) is 3.28. The van der Waals surface area contributed by atoms with Crippen molar-refractivity contribution in [1.82, 2.24) is 24.7 Å². The molecule has 20 heavy (non-hydrogen) atoms. The van der Waals surface area contributed by atoms with Gasteiger partial charge in [0.25, 0.3) is 0 Å². The van der Waals surface area contributed by atoms with E-state index in [9.17, 15) is 0 Å². The van der Waals surface area contributed by atoms with Crippen LogP contribution in [0, 0.1) is 13.8 Å². The van der Waals surface area contributed by atoms with Gasteiger partial charge in [-0.05, 0) is 31.5 Å². The van der Waals surface area contributed by atoms with Crippen LogP contribution in [0.25, 0.3) is 11.0 Å². The molecule has 1 N–H and O–H groups in total. The number of aromatic nitrogens is 5. The Morgan fingerprint density at radius 2 is 1.85 bits per heavy atom. The standard InChI is InChI=1S/C14H16N6/c1-9-12-13(19-20(9)3)14(18-10(2)17-12)16-8-11-4-6-15-7-5-11/h4-7H,8H2,1-3H3,(H,16,17,18). The van der Waals surface area contributed by atoms with Crippen molar-refractivity contribution in [3.05, 3.63) is 41.6 Å². The predicted molar refractivity (Wildman–Crippen MR) is 77.3 cm³/mol. The fourth-order valence-corrected chi connectivity index (χ4v) is 2.10. The summed E-state index contributed by atoms with van der Waals surface area (Å²) in [6, 6.07) is 3.95. The van der Waals surface area contributed by atoms with Crippen LogP contribution in [0.2, 0.25) is 0 Å². The molecule has 0 aliphatic rings. The number of nitrogens with one attached hydrogen (secondary N) is 1. The van der Waals surface area contributed by atoms with Gasteiger partial charge in [-0.1, -0.05) is 0 Å². The Morgan fingerprint density at radius 3 is 2.60 bits per heavy atom. The zero-order valence-corrected chi connectivity index (χ0v) is 11.8. The SMILES string of the molecule is Cc1nc(NCc2ccncc2)c2nn(C)c(C)c2n1. The highest BCUT2D eigenvalue weighted by Gasteiger charge is 2.12. The molecule has 3 heterocycles. The Balaban J connectivity index is 1.97. The van der Waals surface area contributed by atoms with Gasteiger partial charge in [0.15, 0.2) is 11.3 Å². The Labute approximate surface area is 116 Å². The minimum absolute atomic E-state index is 0.684. The molecule has 0 bridgehead atoms. The van der Waals surface area contributed by atoms with Gasteiger partial charge >= 0.3 is 0 Å². The lowest BCUT2D eigenvalue weighted by molar-refractivity contribution is 0.750. The molecular formula is C14H16N6. The third kappa shape index (κ3) is 2.20. The van der Waals surface area contributed by atoms with E-state index in [4.69, 9.17) is 0 Å². The maximum Gasteiger partial charge on any atom is 0.158 e. The van der Waals surface area contributed by atoms with Crippen LogP contribution in [0.3, 0.4) is 0 Å². The van der Waals surface area contributed by atoms with Gasteiger partial charge in [0.1, 0.15) is 11.3 Å². The summed E-state index contributed by atoms with van der Waals surface area (Å²) in [5.41, 5.74) is 3.90. The lowest BCUT2D eigenvalue weighted by Gasteiger charge is -2.06. The molecule has 0 amide bonds. The summed E-state index contributed by atoms with van der Waals surface area (Å²) in [7, 11) is 1.92. The van der Waals surface area contributed by atoms with Crippen molar-refractivity contribution >= 4 is 16.9 Å². The van der Waals surface area contributed by atoms with Crippen molar-refractivity contribution in [2.24, 2.45) is 7.05 Å². The van der Waals surface area contributed by atoms with Crippen LogP contribution < -0.4 is 5.32 Å². The zero-order valence-electron chi connectivity index (χ0n) is 11.8. The minimum Gasteiger partial charge on any atom is -0.364 e. The number of fused-ring (bicyclic) bond motifs is 1. The van der Waals surface area contributed by atoms with Gasteiger partial charge < -0.3 is 5.32 Å². The number of anilines is 1. The van der Waals surface area contributed by atoms with E-state index >= 15 is 0 Å². The van der Waals surface area contributed by atoms with Crippen LogP contribution in [-0.2, 0) is 13.6 Å². The van der Waals surface area contributed by atoms with E-state index in [0.717, 1.165) is 33.9 Å². The normalized spacial score (nSPS) is 10.9. The molecule has 3 rings (SSSR count). The van der Waals surface area contributed by atoms with Crippen molar-refractivity contribution < 1.29 is 0 Å². The average molecular weight is 268 g/mol. The van der Waals surface area contributed by atoms with Gasteiger partial charge in [-0.3, -0.25) is 9.67 Å². The highest BCUT2D eigenvalue weighted by atomic mass is 15.3. The first kappa shape index (κ1) is 12.5. The minimum atomic E-state index is 0.684. The first-order valence-electron chi connectivity index (χ1n) is 6.46. The Kier molecular flexibility index (Phi) is 3.06. The van der Waals surface area contributed by atoms with Crippen LogP contribution >= 0.6 is 0 Å². The van der Waals surface area contributed by atoms with Crippen molar-refractivity contribution in [1.29, 1.82) is 0 Å². The second-order valence-corrected chi connectivity index (χ2v) is 4.73. The molecule has 6 nitrogen and oxygen atoms in total. The monoisotopic (exact) mass is 268 g/mol. The number of aryl methyl sites for hydroxylation is 3. The van der Waals surface area contributed by atoms with E-state index in [0.29, 0.717) is 6.54 Å². The smallest absolute Gasteiger partial charge is 0.158 e. The molecule has 3 aromatic rings. The second-order valence-electron chi connectivity index (χ2n) is 4.73. The van der Waals surface area contributed by atoms with Crippen molar-refractivity contribution in [2.75, 3.05) is 5.32 Å². The molecule has 3 aromatic heterocycles. The second kappa shape index (κ2) is 4.88. The molecule has 0 saturated heterocycles. The number of pyridine rings is 1. The van der Waals surface area contributed by atoms with Crippen molar-refractivity contribution in [3.8, 4) is 0 Å². The number of rotatable bonds is 3. The Bertz CT molecular complexity index is 747. The predicted octanol–water partition coefficient (Wildman–Crippen LogP) is 1.99.